The lowest BCUT2D eigenvalue weighted by atomic mass is 10.2. The van der Waals surface area contributed by atoms with Crippen LogP contribution in [-0.4, -0.2) is 51.6 Å². The Balaban J connectivity index is 1.82. The fourth-order valence-electron chi connectivity index (χ4n) is 2.59. The summed E-state index contributed by atoms with van der Waals surface area (Å²) in [5, 5.41) is 4.36. The van der Waals surface area contributed by atoms with Gasteiger partial charge in [-0.15, -0.1) is 16.9 Å². The SMILES string of the molecule is O=c1c2c([nH]c3nc(N4CCOCC4)nn13)CCCS2. The molecule has 0 atom stereocenters. The molecular weight excluding hydrogens is 278 g/mol. The summed E-state index contributed by atoms with van der Waals surface area (Å²) in [5.41, 5.74) is 0.949. The molecule has 2 aliphatic heterocycles. The van der Waals surface area contributed by atoms with Gasteiger partial charge >= 0.3 is 0 Å². The highest BCUT2D eigenvalue weighted by Crippen LogP contribution is 2.25. The van der Waals surface area contributed by atoms with Gasteiger partial charge in [-0.3, -0.25) is 4.79 Å². The van der Waals surface area contributed by atoms with Gasteiger partial charge in [0.1, 0.15) is 0 Å². The molecule has 2 aromatic heterocycles. The number of nitrogens with one attached hydrogen (secondary N) is 1. The first-order valence-corrected chi connectivity index (χ1v) is 7.79. The summed E-state index contributed by atoms with van der Waals surface area (Å²) in [4.78, 5) is 23.0. The van der Waals surface area contributed by atoms with Crippen molar-refractivity contribution < 1.29 is 4.74 Å². The Morgan fingerprint density at radius 3 is 3.00 bits per heavy atom. The minimum atomic E-state index is -0.0505. The van der Waals surface area contributed by atoms with E-state index < -0.39 is 0 Å². The van der Waals surface area contributed by atoms with E-state index in [1.165, 1.54) is 4.52 Å². The van der Waals surface area contributed by atoms with Crippen LogP contribution in [0, 0.1) is 0 Å². The van der Waals surface area contributed by atoms with Crippen molar-refractivity contribution in [1.82, 2.24) is 19.6 Å². The molecule has 7 nitrogen and oxygen atoms in total. The second-order valence-electron chi connectivity index (χ2n) is 4.94. The maximum atomic E-state index is 12.4. The molecular formula is C12H15N5O2S. The molecule has 0 unspecified atom stereocenters. The van der Waals surface area contributed by atoms with E-state index in [1.807, 2.05) is 0 Å². The number of H-pyrrole nitrogens is 1. The van der Waals surface area contributed by atoms with Crippen LogP contribution < -0.4 is 10.5 Å². The topological polar surface area (TPSA) is 75.5 Å². The Hall–Kier alpha value is -1.54. The van der Waals surface area contributed by atoms with Gasteiger partial charge in [0.05, 0.1) is 18.1 Å². The Morgan fingerprint density at radius 2 is 2.15 bits per heavy atom. The van der Waals surface area contributed by atoms with Crippen molar-refractivity contribution >= 4 is 23.5 Å². The van der Waals surface area contributed by atoms with Crippen LogP contribution in [0.15, 0.2) is 9.69 Å². The molecule has 0 radical (unpaired) electrons. The van der Waals surface area contributed by atoms with Crippen LogP contribution >= 0.6 is 11.8 Å². The van der Waals surface area contributed by atoms with Crippen LogP contribution in [-0.2, 0) is 11.2 Å². The zero-order valence-corrected chi connectivity index (χ0v) is 11.8. The van der Waals surface area contributed by atoms with E-state index in [0.29, 0.717) is 24.9 Å². The van der Waals surface area contributed by atoms with E-state index in [0.717, 1.165) is 42.3 Å². The monoisotopic (exact) mass is 293 g/mol. The number of hydrogen-bond acceptors (Lipinski definition) is 6. The van der Waals surface area contributed by atoms with Crippen LogP contribution in [0.4, 0.5) is 5.95 Å². The van der Waals surface area contributed by atoms with E-state index in [2.05, 4.69) is 20.0 Å². The molecule has 0 saturated carbocycles. The molecule has 0 aliphatic carbocycles. The number of rotatable bonds is 1. The molecule has 0 amide bonds. The van der Waals surface area contributed by atoms with Crippen LogP contribution in [0.5, 0.6) is 0 Å². The van der Waals surface area contributed by atoms with Crippen molar-refractivity contribution in [1.29, 1.82) is 0 Å². The number of nitrogens with zero attached hydrogens (tertiary/aromatic N) is 4. The van der Waals surface area contributed by atoms with Crippen LogP contribution in [0.2, 0.25) is 0 Å². The van der Waals surface area contributed by atoms with Gasteiger partial charge < -0.3 is 14.6 Å². The Bertz CT molecular complexity index is 704. The highest BCUT2D eigenvalue weighted by molar-refractivity contribution is 7.99. The Kier molecular flexibility index (Phi) is 2.92. The third kappa shape index (κ3) is 1.90. The number of aryl methyl sites for hydroxylation is 1. The lowest BCUT2D eigenvalue weighted by Crippen LogP contribution is -2.37. The van der Waals surface area contributed by atoms with Crippen molar-refractivity contribution in [2.75, 3.05) is 37.0 Å². The lowest BCUT2D eigenvalue weighted by Gasteiger charge is -2.25. The van der Waals surface area contributed by atoms with E-state index in [-0.39, 0.29) is 5.56 Å². The van der Waals surface area contributed by atoms with Gasteiger partial charge in [-0.25, -0.2) is 0 Å². The molecule has 1 fully saturated rings. The summed E-state index contributed by atoms with van der Waals surface area (Å²) in [6.45, 7) is 2.88. The fraction of sp³-hybridized carbons (Fsp3) is 0.583. The maximum absolute atomic E-state index is 12.4. The number of morpholine rings is 1. The highest BCUT2D eigenvalue weighted by Gasteiger charge is 2.21. The van der Waals surface area contributed by atoms with E-state index in [9.17, 15) is 4.79 Å². The number of anilines is 1. The highest BCUT2D eigenvalue weighted by atomic mass is 32.2. The normalized spacial score (nSPS) is 19.3. The standard InChI is InChI=1S/C12H15N5O2S/c18-10-9-8(2-1-7-20-9)13-11-14-12(15-17(10)11)16-3-5-19-6-4-16/h1-7H2,(H,13,14,15). The Morgan fingerprint density at radius 1 is 1.30 bits per heavy atom. The average molecular weight is 293 g/mol. The first-order valence-electron chi connectivity index (χ1n) is 6.80. The van der Waals surface area contributed by atoms with Crippen molar-refractivity contribution in [2.24, 2.45) is 0 Å². The molecule has 20 heavy (non-hydrogen) atoms. The second kappa shape index (κ2) is 4.78. The summed E-state index contributed by atoms with van der Waals surface area (Å²) in [6.07, 6.45) is 2.00. The van der Waals surface area contributed by atoms with Gasteiger partial charge in [0.15, 0.2) is 0 Å². The number of ether oxygens (including phenoxy) is 1. The Labute approximate surface area is 119 Å². The minimum absolute atomic E-state index is 0.0505. The van der Waals surface area contributed by atoms with Gasteiger partial charge in [0, 0.05) is 18.8 Å². The summed E-state index contributed by atoms with van der Waals surface area (Å²) in [5.74, 6) is 2.14. The van der Waals surface area contributed by atoms with Crippen LogP contribution in [0.1, 0.15) is 12.1 Å². The molecule has 0 spiro atoms. The maximum Gasteiger partial charge on any atom is 0.289 e. The van der Waals surface area contributed by atoms with Crippen LogP contribution in [0.3, 0.4) is 0 Å². The summed E-state index contributed by atoms with van der Waals surface area (Å²) >= 11 is 1.61. The number of aromatic amines is 1. The van der Waals surface area contributed by atoms with E-state index >= 15 is 0 Å². The fourth-order valence-corrected chi connectivity index (χ4v) is 3.62. The minimum Gasteiger partial charge on any atom is -0.378 e. The van der Waals surface area contributed by atoms with Crippen LogP contribution in [0.25, 0.3) is 5.78 Å². The van der Waals surface area contributed by atoms with Gasteiger partial charge in [-0.1, -0.05) is 0 Å². The molecule has 106 valence electrons. The molecule has 0 bridgehead atoms. The number of thioether (sulfide) groups is 1. The lowest BCUT2D eigenvalue weighted by molar-refractivity contribution is 0.122. The largest absolute Gasteiger partial charge is 0.378 e. The quantitative estimate of drug-likeness (QED) is 0.814. The molecule has 4 heterocycles. The summed E-state index contributed by atoms with van der Waals surface area (Å²) in [6, 6.07) is 0. The number of aromatic nitrogens is 4. The molecule has 4 rings (SSSR count). The smallest absolute Gasteiger partial charge is 0.289 e. The first kappa shape index (κ1) is 12.2. The van der Waals surface area contributed by atoms with E-state index in [1.54, 1.807) is 11.8 Å². The number of fused-ring (bicyclic) bond motifs is 2. The van der Waals surface area contributed by atoms with Crippen molar-refractivity contribution in [2.45, 2.75) is 17.7 Å². The molecule has 0 aromatic carbocycles. The third-order valence-corrected chi connectivity index (χ3v) is 4.83. The zero-order chi connectivity index (χ0) is 13.5. The van der Waals surface area contributed by atoms with Gasteiger partial charge in [-0.2, -0.15) is 9.50 Å². The molecule has 1 saturated heterocycles. The predicted molar refractivity (Wildman–Crippen MR) is 75.7 cm³/mol. The van der Waals surface area contributed by atoms with Gasteiger partial charge in [0.2, 0.25) is 11.7 Å². The summed E-state index contributed by atoms with van der Waals surface area (Å²) in [7, 11) is 0. The third-order valence-electron chi connectivity index (χ3n) is 3.63. The number of hydrogen-bond donors (Lipinski definition) is 1. The molecule has 1 N–H and O–H groups in total. The average Bonchev–Trinajstić information content (AvgIpc) is 2.93. The summed E-state index contributed by atoms with van der Waals surface area (Å²) < 4.78 is 6.71. The zero-order valence-electron chi connectivity index (χ0n) is 11.0. The molecule has 2 aromatic rings. The van der Waals surface area contributed by atoms with Crippen molar-refractivity contribution in [3.8, 4) is 0 Å². The van der Waals surface area contributed by atoms with Gasteiger partial charge in [-0.05, 0) is 18.6 Å². The molecule has 2 aliphatic rings. The second-order valence-corrected chi connectivity index (χ2v) is 6.04. The van der Waals surface area contributed by atoms with Crippen molar-refractivity contribution in [3.63, 3.8) is 0 Å². The van der Waals surface area contributed by atoms with E-state index in [4.69, 9.17) is 4.74 Å². The van der Waals surface area contributed by atoms with Crippen molar-refractivity contribution in [3.05, 3.63) is 16.0 Å². The van der Waals surface area contributed by atoms with Gasteiger partial charge in [0.25, 0.3) is 5.56 Å². The predicted octanol–water partition coefficient (Wildman–Crippen LogP) is 0.292. The first-order chi connectivity index (χ1) is 9.83. The molecule has 8 heteroatoms.